The first-order valence-electron chi connectivity index (χ1n) is 11.5. The third-order valence-corrected chi connectivity index (χ3v) is 7.15. The summed E-state index contributed by atoms with van der Waals surface area (Å²) in [6.45, 7) is -0.354. The van der Waals surface area contributed by atoms with Crippen LogP contribution in [0.1, 0.15) is 56.4 Å². The number of carboxylic acids is 2. The van der Waals surface area contributed by atoms with Gasteiger partial charge in [-0.25, -0.2) is 4.79 Å². The lowest BCUT2D eigenvalue weighted by Gasteiger charge is -2.44. The Morgan fingerprint density at radius 2 is 1.60 bits per heavy atom. The predicted octanol–water partition coefficient (Wildman–Crippen LogP) is 3.81. The number of hydrogen-bond acceptors (Lipinski definition) is 7. The standard InChI is InChI=1S/C25H26BrNO8/c1-34-19-11-13(10-14(26)25(19)35-12-21(32)33)22-23-15(4-2-6-17(23)28)27(9-8-20(30)31)16-5-3-7-18(29)24(16)22/h10-11,22H,2-9,12H2,1H3,(H,30,31)(H,32,33). The molecule has 0 radical (unpaired) electrons. The minimum atomic E-state index is -1.14. The Bertz CT molecular complexity index is 1120. The molecule has 0 aromatic heterocycles. The van der Waals surface area contributed by atoms with E-state index in [1.54, 1.807) is 12.1 Å². The van der Waals surface area contributed by atoms with Gasteiger partial charge in [0, 0.05) is 47.8 Å². The van der Waals surface area contributed by atoms with Gasteiger partial charge in [0.1, 0.15) is 0 Å². The van der Waals surface area contributed by atoms with E-state index in [-0.39, 0.29) is 36.0 Å². The summed E-state index contributed by atoms with van der Waals surface area (Å²) >= 11 is 3.44. The summed E-state index contributed by atoms with van der Waals surface area (Å²) in [6.07, 6.45) is 3.20. The van der Waals surface area contributed by atoms with Crippen LogP contribution in [-0.4, -0.2) is 58.9 Å². The molecule has 186 valence electrons. The van der Waals surface area contributed by atoms with Crippen molar-refractivity contribution in [2.45, 2.75) is 50.9 Å². The maximum atomic E-state index is 13.3. The van der Waals surface area contributed by atoms with Crippen LogP contribution in [0.3, 0.4) is 0 Å². The molecule has 0 saturated carbocycles. The highest BCUT2D eigenvalue weighted by Crippen LogP contribution is 2.51. The molecule has 0 unspecified atom stereocenters. The number of ketones is 2. The lowest BCUT2D eigenvalue weighted by atomic mass is 9.71. The molecule has 0 atom stereocenters. The number of methoxy groups -OCH3 is 1. The molecule has 1 aromatic carbocycles. The van der Waals surface area contributed by atoms with E-state index in [0.717, 1.165) is 11.4 Å². The Balaban J connectivity index is 1.89. The Morgan fingerprint density at radius 3 is 2.11 bits per heavy atom. The fourth-order valence-corrected chi connectivity index (χ4v) is 5.78. The molecule has 4 rings (SSSR count). The van der Waals surface area contributed by atoms with Gasteiger partial charge in [0.2, 0.25) is 0 Å². The largest absolute Gasteiger partial charge is 0.493 e. The summed E-state index contributed by atoms with van der Waals surface area (Å²) in [5.41, 5.74) is 3.30. The summed E-state index contributed by atoms with van der Waals surface area (Å²) in [7, 11) is 1.43. The smallest absolute Gasteiger partial charge is 0.341 e. The lowest BCUT2D eigenvalue weighted by Crippen LogP contribution is -2.39. The summed E-state index contributed by atoms with van der Waals surface area (Å²) in [5, 5.41) is 18.3. The van der Waals surface area contributed by atoms with Crippen molar-refractivity contribution < 1.29 is 38.9 Å². The van der Waals surface area contributed by atoms with E-state index < -0.39 is 24.5 Å². The molecule has 1 aromatic rings. The number of aliphatic carboxylic acids is 2. The number of allylic oxidation sites excluding steroid dienone is 4. The molecule has 1 aliphatic heterocycles. The third-order valence-electron chi connectivity index (χ3n) is 6.56. The number of rotatable bonds is 8. The zero-order valence-electron chi connectivity index (χ0n) is 19.3. The molecular weight excluding hydrogens is 522 g/mol. The molecule has 3 aliphatic rings. The summed E-state index contributed by atoms with van der Waals surface area (Å²) in [6, 6.07) is 3.41. The Hall–Kier alpha value is -3.14. The molecule has 2 aliphatic carbocycles. The molecule has 0 fully saturated rings. The van der Waals surface area contributed by atoms with Gasteiger partial charge in [0.25, 0.3) is 0 Å². The van der Waals surface area contributed by atoms with E-state index in [2.05, 4.69) is 15.9 Å². The normalized spacial score (nSPS) is 18.4. The topological polar surface area (TPSA) is 130 Å². The first-order valence-corrected chi connectivity index (χ1v) is 12.3. The molecule has 0 spiro atoms. The number of nitrogens with zero attached hydrogens (tertiary/aromatic N) is 1. The van der Waals surface area contributed by atoms with Crippen molar-refractivity contribution in [1.82, 2.24) is 4.90 Å². The van der Waals surface area contributed by atoms with Crippen LogP contribution in [-0.2, 0) is 19.2 Å². The van der Waals surface area contributed by atoms with Crippen LogP contribution >= 0.6 is 15.9 Å². The number of carbonyl (C=O) groups excluding carboxylic acids is 2. The van der Waals surface area contributed by atoms with Gasteiger partial charge >= 0.3 is 11.9 Å². The lowest BCUT2D eigenvalue weighted by molar-refractivity contribution is -0.139. The van der Waals surface area contributed by atoms with Gasteiger partial charge in [-0.3, -0.25) is 14.4 Å². The van der Waals surface area contributed by atoms with E-state index in [1.807, 2.05) is 4.90 Å². The minimum Gasteiger partial charge on any atom is -0.493 e. The number of hydrogen-bond donors (Lipinski definition) is 2. The minimum absolute atomic E-state index is 0.0530. The number of halogens is 1. The van der Waals surface area contributed by atoms with Crippen LogP contribution in [0.2, 0.25) is 0 Å². The first-order chi connectivity index (χ1) is 16.7. The third kappa shape index (κ3) is 4.84. The van der Waals surface area contributed by atoms with Gasteiger partial charge in [0.15, 0.2) is 29.7 Å². The van der Waals surface area contributed by atoms with Gasteiger partial charge in [0.05, 0.1) is 18.0 Å². The molecule has 0 bridgehead atoms. The zero-order valence-corrected chi connectivity index (χ0v) is 20.9. The van der Waals surface area contributed by atoms with Crippen molar-refractivity contribution in [1.29, 1.82) is 0 Å². The molecular formula is C25H26BrNO8. The van der Waals surface area contributed by atoms with Crippen molar-refractivity contribution in [3.05, 3.63) is 44.7 Å². The van der Waals surface area contributed by atoms with Crippen molar-refractivity contribution in [2.75, 3.05) is 20.3 Å². The van der Waals surface area contributed by atoms with Crippen LogP contribution < -0.4 is 9.47 Å². The van der Waals surface area contributed by atoms with Crippen LogP contribution in [0, 0.1) is 0 Å². The van der Waals surface area contributed by atoms with E-state index in [9.17, 15) is 24.3 Å². The molecule has 0 amide bonds. The molecule has 10 heteroatoms. The molecule has 1 heterocycles. The number of carboxylic acid groups (broad SMARTS) is 2. The first kappa shape index (κ1) is 25.0. The van der Waals surface area contributed by atoms with Crippen molar-refractivity contribution >= 4 is 39.4 Å². The van der Waals surface area contributed by atoms with Gasteiger partial charge in [-0.1, -0.05) is 0 Å². The molecule has 2 N–H and O–H groups in total. The van der Waals surface area contributed by atoms with Crippen molar-refractivity contribution in [3.8, 4) is 11.5 Å². The quantitative estimate of drug-likeness (QED) is 0.498. The fraction of sp³-hybridized carbons (Fsp3) is 0.440. The SMILES string of the molecule is COc1cc(C2C3=C(CCCC3=O)N(CCC(=O)O)C3=C2C(=O)CCC3)cc(Br)c1OCC(=O)O. The van der Waals surface area contributed by atoms with Crippen molar-refractivity contribution in [3.63, 3.8) is 0 Å². The Labute approximate surface area is 210 Å². The summed E-state index contributed by atoms with van der Waals surface area (Å²) in [4.78, 5) is 50.8. The van der Waals surface area contributed by atoms with E-state index in [0.29, 0.717) is 59.7 Å². The van der Waals surface area contributed by atoms with Gasteiger partial charge in [-0.2, -0.15) is 0 Å². The highest BCUT2D eigenvalue weighted by Gasteiger charge is 2.43. The second kappa shape index (κ2) is 10.2. The van der Waals surface area contributed by atoms with E-state index >= 15 is 0 Å². The van der Waals surface area contributed by atoms with Crippen LogP contribution in [0.25, 0.3) is 0 Å². The van der Waals surface area contributed by atoms with Gasteiger partial charge in [-0.15, -0.1) is 0 Å². The number of ether oxygens (including phenoxy) is 2. The van der Waals surface area contributed by atoms with E-state index in [4.69, 9.17) is 14.6 Å². The Kier molecular flexibility index (Phi) is 7.30. The zero-order chi connectivity index (χ0) is 25.3. The number of benzene rings is 1. The number of carbonyl (C=O) groups is 4. The summed E-state index contributed by atoms with van der Waals surface area (Å²) < 4.78 is 11.3. The predicted molar refractivity (Wildman–Crippen MR) is 127 cm³/mol. The average Bonchev–Trinajstić information content (AvgIpc) is 2.81. The highest BCUT2D eigenvalue weighted by atomic mass is 79.9. The molecule has 0 saturated heterocycles. The summed E-state index contributed by atoms with van der Waals surface area (Å²) in [5.74, 6) is -2.30. The maximum absolute atomic E-state index is 13.3. The second-order valence-corrected chi connectivity index (χ2v) is 9.57. The fourth-order valence-electron chi connectivity index (χ4n) is 5.21. The Morgan fingerprint density at radius 1 is 1.00 bits per heavy atom. The van der Waals surface area contributed by atoms with Gasteiger partial charge < -0.3 is 24.6 Å². The maximum Gasteiger partial charge on any atom is 0.341 e. The monoisotopic (exact) mass is 547 g/mol. The van der Waals surface area contributed by atoms with E-state index in [1.165, 1.54) is 7.11 Å². The van der Waals surface area contributed by atoms with Gasteiger partial charge in [-0.05, 0) is 59.3 Å². The van der Waals surface area contributed by atoms with Crippen molar-refractivity contribution in [2.24, 2.45) is 0 Å². The number of Topliss-reactive ketones (excluding diaryl/α,β-unsaturated/α-hetero) is 2. The van der Waals surface area contributed by atoms with Crippen LogP contribution in [0.15, 0.2) is 39.1 Å². The average molecular weight is 548 g/mol. The van der Waals surface area contributed by atoms with Crippen LogP contribution in [0.4, 0.5) is 0 Å². The second-order valence-electron chi connectivity index (χ2n) is 8.72. The molecule has 9 nitrogen and oxygen atoms in total. The highest BCUT2D eigenvalue weighted by molar-refractivity contribution is 9.10. The molecule has 35 heavy (non-hydrogen) atoms. The van der Waals surface area contributed by atoms with Crippen LogP contribution in [0.5, 0.6) is 11.5 Å².